The molecule has 2 saturated heterocycles. The zero-order chi connectivity index (χ0) is 16.0. The molecule has 2 bridgehead atoms. The Balaban J connectivity index is 1.60. The molecular formula is C18H32F2N2. The van der Waals surface area contributed by atoms with Crippen molar-refractivity contribution in [2.24, 2.45) is 11.3 Å². The van der Waals surface area contributed by atoms with E-state index in [1.165, 1.54) is 38.8 Å². The molecule has 4 heteroatoms. The van der Waals surface area contributed by atoms with Crippen molar-refractivity contribution in [3.63, 3.8) is 0 Å². The van der Waals surface area contributed by atoms with Crippen molar-refractivity contribution in [3.05, 3.63) is 0 Å². The molecule has 3 aliphatic rings. The molecule has 1 saturated carbocycles. The van der Waals surface area contributed by atoms with Crippen LogP contribution in [0.15, 0.2) is 0 Å². The molecule has 1 aliphatic carbocycles. The fourth-order valence-corrected chi connectivity index (χ4v) is 5.14. The van der Waals surface area contributed by atoms with E-state index < -0.39 is 5.92 Å². The predicted octanol–water partition coefficient (Wildman–Crippen LogP) is 4.01. The van der Waals surface area contributed by atoms with Crippen LogP contribution in [-0.2, 0) is 0 Å². The average molecular weight is 314 g/mol. The minimum atomic E-state index is -2.42. The number of halogens is 2. The van der Waals surface area contributed by atoms with Gasteiger partial charge in [-0.2, -0.15) is 0 Å². The van der Waals surface area contributed by atoms with E-state index in [-0.39, 0.29) is 12.8 Å². The molecule has 3 rings (SSSR count). The molecule has 2 aliphatic heterocycles. The number of hydrogen-bond acceptors (Lipinski definition) is 2. The van der Waals surface area contributed by atoms with Gasteiger partial charge in [0.1, 0.15) is 0 Å². The van der Waals surface area contributed by atoms with Gasteiger partial charge >= 0.3 is 0 Å². The molecule has 128 valence electrons. The molecule has 3 fully saturated rings. The van der Waals surface area contributed by atoms with Gasteiger partial charge in [-0.1, -0.05) is 0 Å². The first kappa shape index (κ1) is 16.6. The molecule has 2 heterocycles. The summed E-state index contributed by atoms with van der Waals surface area (Å²) in [6, 6.07) is 1.08. The maximum Gasteiger partial charge on any atom is 0.250 e. The summed E-state index contributed by atoms with van der Waals surface area (Å²) in [6.07, 6.45) is 5.36. The van der Waals surface area contributed by atoms with E-state index >= 15 is 0 Å². The molecule has 0 spiro atoms. The standard InChI is InChI=1S/C18H32F2N2/c1-14(2)22-12-16-4-5-17(11-16,13-22)10-15(3)21-8-6-18(19,20)7-9-21/h14-16H,4-13H2,1-3H3. The first-order valence-corrected chi connectivity index (χ1v) is 9.15. The number of alkyl halides is 2. The van der Waals surface area contributed by atoms with Crippen molar-refractivity contribution in [2.45, 2.75) is 77.3 Å². The van der Waals surface area contributed by atoms with Gasteiger partial charge in [0.25, 0.3) is 5.92 Å². The number of likely N-dealkylation sites (tertiary alicyclic amines) is 2. The summed E-state index contributed by atoms with van der Waals surface area (Å²) in [5.41, 5.74) is 0.451. The van der Waals surface area contributed by atoms with Crippen molar-refractivity contribution < 1.29 is 8.78 Å². The molecule has 0 aromatic carbocycles. The van der Waals surface area contributed by atoms with E-state index in [1.54, 1.807) is 0 Å². The molecule has 22 heavy (non-hydrogen) atoms. The summed E-state index contributed by atoms with van der Waals surface area (Å²) in [4.78, 5) is 4.96. The van der Waals surface area contributed by atoms with Crippen LogP contribution in [0.4, 0.5) is 8.78 Å². The predicted molar refractivity (Wildman–Crippen MR) is 86.3 cm³/mol. The largest absolute Gasteiger partial charge is 0.300 e. The fourth-order valence-electron chi connectivity index (χ4n) is 5.14. The molecule has 0 aromatic rings. The third-order valence-electron chi connectivity index (χ3n) is 6.45. The van der Waals surface area contributed by atoms with Gasteiger partial charge in [0.15, 0.2) is 0 Å². The van der Waals surface area contributed by atoms with Gasteiger partial charge in [-0.15, -0.1) is 0 Å². The molecule has 0 aromatic heterocycles. The van der Waals surface area contributed by atoms with E-state index in [0.717, 1.165) is 5.92 Å². The smallest absolute Gasteiger partial charge is 0.250 e. The van der Waals surface area contributed by atoms with Gasteiger partial charge in [-0.25, -0.2) is 8.78 Å². The summed E-state index contributed by atoms with van der Waals surface area (Å²) in [5.74, 6) is -1.55. The Kier molecular flexibility index (Phi) is 4.54. The lowest BCUT2D eigenvalue weighted by Crippen LogP contribution is -2.50. The third-order valence-corrected chi connectivity index (χ3v) is 6.45. The second-order valence-electron chi connectivity index (χ2n) is 8.58. The minimum absolute atomic E-state index is 0.0467. The van der Waals surface area contributed by atoms with E-state index in [2.05, 4.69) is 30.6 Å². The quantitative estimate of drug-likeness (QED) is 0.774. The number of nitrogens with zero attached hydrogens (tertiary/aromatic N) is 2. The van der Waals surface area contributed by atoms with Crippen LogP contribution >= 0.6 is 0 Å². The summed E-state index contributed by atoms with van der Waals surface area (Å²) in [5, 5.41) is 0. The molecule has 3 atom stereocenters. The van der Waals surface area contributed by atoms with E-state index in [4.69, 9.17) is 0 Å². The monoisotopic (exact) mass is 314 g/mol. The van der Waals surface area contributed by atoms with Crippen LogP contribution in [0, 0.1) is 11.3 Å². The van der Waals surface area contributed by atoms with Crippen molar-refractivity contribution in [2.75, 3.05) is 26.2 Å². The lowest BCUT2D eigenvalue weighted by molar-refractivity contribution is -0.0666. The maximum absolute atomic E-state index is 13.4. The summed E-state index contributed by atoms with van der Waals surface area (Å²) in [6.45, 7) is 10.5. The van der Waals surface area contributed by atoms with Gasteiger partial charge in [-0.05, 0) is 57.8 Å². The van der Waals surface area contributed by atoms with Gasteiger partial charge in [0, 0.05) is 51.1 Å². The Morgan fingerprint density at radius 2 is 1.73 bits per heavy atom. The number of rotatable bonds is 4. The zero-order valence-corrected chi connectivity index (χ0v) is 14.5. The highest BCUT2D eigenvalue weighted by atomic mass is 19.3. The fraction of sp³-hybridized carbons (Fsp3) is 1.00. The summed E-state index contributed by atoms with van der Waals surface area (Å²) >= 11 is 0. The number of fused-ring (bicyclic) bond motifs is 2. The van der Waals surface area contributed by atoms with Crippen LogP contribution in [0.5, 0.6) is 0 Å². The first-order valence-electron chi connectivity index (χ1n) is 9.15. The highest BCUT2D eigenvalue weighted by Gasteiger charge is 2.47. The maximum atomic E-state index is 13.4. The SMILES string of the molecule is CC(C)N1CC2CCC(CC(C)N3CCC(F)(F)CC3)(C2)C1. The number of piperidine rings is 2. The molecule has 0 N–H and O–H groups in total. The lowest BCUT2D eigenvalue weighted by Gasteiger charge is -2.45. The first-order chi connectivity index (χ1) is 10.3. The summed E-state index contributed by atoms with van der Waals surface area (Å²) in [7, 11) is 0. The van der Waals surface area contributed by atoms with Gasteiger partial charge in [0.05, 0.1) is 0 Å². The lowest BCUT2D eigenvalue weighted by atomic mass is 9.76. The van der Waals surface area contributed by atoms with Crippen LogP contribution in [0.1, 0.15) is 59.3 Å². The van der Waals surface area contributed by atoms with Gasteiger partial charge < -0.3 is 9.80 Å². The highest BCUT2D eigenvalue weighted by Crippen LogP contribution is 2.50. The van der Waals surface area contributed by atoms with Crippen molar-refractivity contribution in [1.82, 2.24) is 9.80 Å². The van der Waals surface area contributed by atoms with Crippen molar-refractivity contribution in [3.8, 4) is 0 Å². The summed E-state index contributed by atoms with van der Waals surface area (Å²) < 4.78 is 26.7. The van der Waals surface area contributed by atoms with E-state index in [0.29, 0.717) is 30.6 Å². The highest BCUT2D eigenvalue weighted by molar-refractivity contribution is 4.99. The van der Waals surface area contributed by atoms with E-state index in [1.807, 2.05) is 0 Å². The normalized spacial score (nSPS) is 37.6. The van der Waals surface area contributed by atoms with Crippen LogP contribution in [0.3, 0.4) is 0 Å². The second-order valence-corrected chi connectivity index (χ2v) is 8.58. The molecule has 0 amide bonds. The van der Waals surface area contributed by atoms with Gasteiger partial charge in [0.2, 0.25) is 0 Å². The zero-order valence-electron chi connectivity index (χ0n) is 14.5. The third kappa shape index (κ3) is 3.48. The molecule has 2 nitrogen and oxygen atoms in total. The Labute approximate surface area is 134 Å². The molecule has 0 radical (unpaired) electrons. The molecular weight excluding hydrogens is 282 g/mol. The second kappa shape index (κ2) is 6.01. The topological polar surface area (TPSA) is 6.48 Å². The molecule has 3 unspecified atom stereocenters. The Hall–Kier alpha value is -0.220. The van der Waals surface area contributed by atoms with E-state index in [9.17, 15) is 8.78 Å². The Bertz CT molecular complexity index is 389. The number of hydrogen-bond donors (Lipinski definition) is 0. The van der Waals surface area contributed by atoms with Crippen LogP contribution < -0.4 is 0 Å². The van der Waals surface area contributed by atoms with Crippen molar-refractivity contribution in [1.29, 1.82) is 0 Å². The van der Waals surface area contributed by atoms with Gasteiger partial charge in [-0.3, -0.25) is 0 Å². The Morgan fingerprint density at radius 1 is 1.05 bits per heavy atom. The van der Waals surface area contributed by atoms with Crippen LogP contribution in [0.25, 0.3) is 0 Å². The van der Waals surface area contributed by atoms with Crippen LogP contribution in [-0.4, -0.2) is 54.0 Å². The average Bonchev–Trinajstić information content (AvgIpc) is 2.73. The van der Waals surface area contributed by atoms with Crippen molar-refractivity contribution >= 4 is 0 Å². The Morgan fingerprint density at radius 3 is 2.36 bits per heavy atom. The van der Waals surface area contributed by atoms with Crippen LogP contribution in [0.2, 0.25) is 0 Å². The minimum Gasteiger partial charge on any atom is -0.300 e.